The van der Waals surface area contributed by atoms with Crippen LogP contribution in [0.5, 0.6) is 5.75 Å². The van der Waals surface area contributed by atoms with Crippen LogP contribution in [-0.4, -0.2) is 31.1 Å². The average molecular weight is 387 g/mol. The third-order valence-electron chi connectivity index (χ3n) is 4.61. The first-order valence-corrected chi connectivity index (χ1v) is 9.47. The number of ether oxygens (including phenoxy) is 2. The Morgan fingerprint density at radius 2 is 1.62 bits per heavy atom. The summed E-state index contributed by atoms with van der Waals surface area (Å²) in [6, 6.07) is 23.0. The number of amides is 2. The summed E-state index contributed by atoms with van der Waals surface area (Å²) in [5, 5.41) is 0. The normalized spacial score (nSPS) is 14.9. The first kappa shape index (κ1) is 18.9. The third kappa shape index (κ3) is 4.52. The van der Waals surface area contributed by atoms with E-state index in [4.69, 9.17) is 9.47 Å². The van der Waals surface area contributed by atoms with Crippen LogP contribution in [-0.2, 0) is 4.74 Å². The minimum atomic E-state index is -0.389. The van der Waals surface area contributed by atoms with Gasteiger partial charge >= 0.3 is 0 Å². The van der Waals surface area contributed by atoms with Gasteiger partial charge in [0.2, 0.25) is 0 Å². The van der Waals surface area contributed by atoms with Gasteiger partial charge in [-0.2, -0.15) is 0 Å². The van der Waals surface area contributed by atoms with Crippen LogP contribution in [0.3, 0.4) is 0 Å². The first-order chi connectivity index (χ1) is 14.1. The number of anilines is 1. The number of carbonyl (C=O) groups excluding carboxylic acids is 2. The second-order valence-electron chi connectivity index (χ2n) is 6.94. The van der Waals surface area contributed by atoms with Crippen molar-refractivity contribution < 1.29 is 19.1 Å². The Morgan fingerprint density at radius 1 is 0.931 bits per heavy atom. The maximum absolute atomic E-state index is 13.3. The molecule has 0 saturated carbocycles. The van der Waals surface area contributed by atoms with E-state index >= 15 is 0 Å². The zero-order chi connectivity index (χ0) is 20.2. The zero-order valence-corrected chi connectivity index (χ0v) is 16.1. The molecule has 1 aliphatic heterocycles. The molecule has 1 saturated heterocycles. The molecule has 5 heteroatoms. The van der Waals surface area contributed by atoms with E-state index in [2.05, 4.69) is 0 Å². The molecular weight excluding hydrogens is 366 g/mol. The average Bonchev–Trinajstić information content (AvgIpc) is 3.58. The van der Waals surface area contributed by atoms with Crippen LogP contribution < -0.4 is 9.64 Å². The lowest BCUT2D eigenvalue weighted by molar-refractivity contribution is 0.0897. The fraction of sp³-hybridized carbons (Fsp3) is 0.167. The molecule has 5 nitrogen and oxygen atoms in total. The topological polar surface area (TPSA) is 59.1 Å². The van der Waals surface area contributed by atoms with E-state index in [0.717, 1.165) is 5.56 Å². The fourth-order valence-corrected chi connectivity index (χ4v) is 3.01. The van der Waals surface area contributed by atoms with Gasteiger partial charge in [-0.3, -0.25) is 9.59 Å². The predicted molar refractivity (Wildman–Crippen MR) is 110 cm³/mol. The lowest BCUT2D eigenvalue weighted by Crippen LogP contribution is -2.37. The van der Waals surface area contributed by atoms with Gasteiger partial charge < -0.3 is 9.47 Å². The van der Waals surface area contributed by atoms with Crippen LogP contribution in [0, 0.1) is 6.92 Å². The summed E-state index contributed by atoms with van der Waals surface area (Å²) in [6.07, 6.45) is 0.120. The summed E-state index contributed by atoms with van der Waals surface area (Å²) in [7, 11) is 0. The molecule has 0 N–H and O–H groups in total. The van der Waals surface area contributed by atoms with Gasteiger partial charge in [-0.15, -0.1) is 0 Å². The van der Waals surface area contributed by atoms with Gasteiger partial charge in [0.1, 0.15) is 18.5 Å². The number of rotatable bonds is 6. The van der Waals surface area contributed by atoms with Crippen molar-refractivity contribution in [2.45, 2.75) is 13.0 Å². The molecule has 0 bridgehead atoms. The molecule has 0 aromatic heterocycles. The number of imide groups is 1. The molecule has 3 aromatic carbocycles. The Labute approximate surface area is 169 Å². The van der Waals surface area contributed by atoms with E-state index in [1.54, 1.807) is 60.7 Å². The molecule has 3 aromatic rings. The van der Waals surface area contributed by atoms with Gasteiger partial charge in [0.15, 0.2) is 0 Å². The predicted octanol–water partition coefficient (Wildman–Crippen LogP) is 4.26. The molecule has 1 heterocycles. The molecule has 1 fully saturated rings. The summed E-state index contributed by atoms with van der Waals surface area (Å²) in [5.74, 6) is -0.189. The van der Waals surface area contributed by atoms with E-state index in [1.165, 1.54) is 4.90 Å². The fourth-order valence-electron chi connectivity index (χ4n) is 3.01. The largest absolute Gasteiger partial charge is 0.491 e. The summed E-state index contributed by atoms with van der Waals surface area (Å²) in [6.45, 7) is 3.06. The highest BCUT2D eigenvalue weighted by Crippen LogP contribution is 2.26. The van der Waals surface area contributed by atoms with E-state index in [9.17, 15) is 9.59 Å². The highest BCUT2D eigenvalue weighted by molar-refractivity contribution is 6.25. The molecule has 1 unspecified atom stereocenters. The van der Waals surface area contributed by atoms with Crippen LogP contribution in [0.15, 0.2) is 78.9 Å². The third-order valence-corrected chi connectivity index (χ3v) is 4.61. The van der Waals surface area contributed by atoms with Crippen molar-refractivity contribution in [1.82, 2.24) is 0 Å². The zero-order valence-electron chi connectivity index (χ0n) is 16.1. The van der Waals surface area contributed by atoms with Crippen molar-refractivity contribution in [3.63, 3.8) is 0 Å². The summed E-state index contributed by atoms with van der Waals surface area (Å²) < 4.78 is 10.9. The summed E-state index contributed by atoms with van der Waals surface area (Å²) in [5.41, 5.74) is 2.29. The maximum atomic E-state index is 13.3. The van der Waals surface area contributed by atoms with Crippen molar-refractivity contribution in [2.75, 3.05) is 18.1 Å². The molecule has 4 rings (SSSR count). The Kier molecular flexibility index (Phi) is 5.40. The van der Waals surface area contributed by atoms with Gasteiger partial charge in [-0.25, -0.2) is 4.90 Å². The number of aryl methyl sites for hydroxylation is 1. The molecule has 29 heavy (non-hydrogen) atoms. The molecule has 2 amide bonds. The van der Waals surface area contributed by atoms with Crippen molar-refractivity contribution in [1.29, 1.82) is 0 Å². The van der Waals surface area contributed by atoms with Gasteiger partial charge in [-0.1, -0.05) is 42.0 Å². The van der Waals surface area contributed by atoms with Gasteiger partial charge in [0, 0.05) is 17.2 Å². The molecular formula is C24H21NO4. The van der Waals surface area contributed by atoms with Crippen LogP contribution in [0.1, 0.15) is 26.3 Å². The number of benzene rings is 3. The quantitative estimate of drug-likeness (QED) is 0.468. The molecule has 0 spiro atoms. The van der Waals surface area contributed by atoms with Crippen LogP contribution >= 0.6 is 0 Å². The number of nitrogens with zero attached hydrogens (tertiary/aromatic N) is 1. The highest BCUT2D eigenvalue weighted by atomic mass is 16.6. The maximum Gasteiger partial charge on any atom is 0.265 e. The number of hydrogen-bond acceptors (Lipinski definition) is 4. The van der Waals surface area contributed by atoms with E-state index < -0.39 is 0 Å². The Bertz CT molecular complexity index is 1030. The minimum Gasteiger partial charge on any atom is -0.491 e. The van der Waals surface area contributed by atoms with Gasteiger partial charge in [0.05, 0.1) is 12.3 Å². The van der Waals surface area contributed by atoms with E-state index in [0.29, 0.717) is 35.8 Å². The Morgan fingerprint density at radius 3 is 2.34 bits per heavy atom. The van der Waals surface area contributed by atoms with Crippen molar-refractivity contribution >= 4 is 17.5 Å². The molecule has 0 radical (unpaired) electrons. The lowest BCUT2D eigenvalue weighted by atomic mass is 10.1. The van der Waals surface area contributed by atoms with Crippen LogP contribution in [0.2, 0.25) is 0 Å². The minimum absolute atomic E-state index is 0.120. The summed E-state index contributed by atoms with van der Waals surface area (Å²) >= 11 is 0. The van der Waals surface area contributed by atoms with Crippen LogP contribution in [0.25, 0.3) is 0 Å². The lowest BCUT2D eigenvalue weighted by Gasteiger charge is -2.22. The highest BCUT2D eigenvalue weighted by Gasteiger charge is 2.27. The standard InChI is InChI=1S/C24H21NO4/c1-17-7-5-10-19(13-17)24(27)25(23(26)18-8-3-2-4-9-18)20-11-6-12-21(14-20)28-15-22-16-29-22/h2-14,22H,15-16H2,1H3. The second kappa shape index (κ2) is 8.29. The van der Waals surface area contributed by atoms with Crippen molar-refractivity contribution in [3.05, 3.63) is 95.6 Å². The van der Waals surface area contributed by atoms with Crippen LogP contribution in [0.4, 0.5) is 5.69 Å². The SMILES string of the molecule is Cc1cccc(C(=O)N(C(=O)c2ccccc2)c2cccc(OCC3CO3)c2)c1. The number of epoxide rings is 1. The molecule has 1 aliphatic rings. The summed E-state index contributed by atoms with van der Waals surface area (Å²) in [4.78, 5) is 27.8. The van der Waals surface area contributed by atoms with Gasteiger partial charge in [0.25, 0.3) is 11.8 Å². The second-order valence-corrected chi connectivity index (χ2v) is 6.94. The van der Waals surface area contributed by atoms with E-state index in [1.807, 2.05) is 25.1 Å². The molecule has 0 aliphatic carbocycles. The first-order valence-electron chi connectivity index (χ1n) is 9.47. The van der Waals surface area contributed by atoms with E-state index in [-0.39, 0.29) is 17.9 Å². The Balaban J connectivity index is 1.70. The number of hydrogen-bond donors (Lipinski definition) is 0. The van der Waals surface area contributed by atoms with Crippen molar-refractivity contribution in [3.8, 4) is 5.75 Å². The monoisotopic (exact) mass is 387 g/mol. The smallest absolute Gasteiger partial charge is 0.265 e. The molecule has 1 atom stereocenters. The number of carbonyl (C=O) groups is 2. The molecule has 146 valence electrons. The van der Waals surface area contributed by atoms with Crippen molar-refractivity contribution in [2.24, 2.45) is 0 Å². The Hall–Kier alpha value is -3.44. The van der Waals surface area contributed by atoms with Gasteiger partial charge in [-0.05, 0) is 43.3 Å².